The smallest absolute Gasteiger partial charge is 0.343 e. The van der Waals surface area contributed by atoms with E-state index in [1.54, 1.807) is 0 Å². The molecule has 1 aliphatic rings. The average molecular weight is 484 g/mol. The van der Waals surface area contributed by atoms with Crippen molar-refractivity contribution in [1.29, 1.82) is 0 Å². The zero-order chi connectivity index (χ0) is 21.9. The number of carbonyl (C=O) groups excluding carboxylic acids is 2. The third kappa shape index (κ3) is 4.72. The molecule has 1 N–H and O–H groups in total. The monoisotopic (exact) mass is 483 g/mol. The number of halogens is 7. The molecule has 11 heteroatoms. The summed E-state index contributed by atoms with van der Waals surface area (Å²) >= 11 is 2.19. The first-order chi connectivity index (χ1) is 13.5. The Bertz CT molecular complexity index is 942. The Labute approximate surface area is 169 Å². The van der Waals surface area contributed by atoms with Crippen LogP contribution < -0.4 is 5.32 Å². The summed E-state index contributed by atoms with van der Waals surface area (Å²) < 4.78 is 83.1. The van der Waals surface area contributed by atoms with E-state index in [0.29, 0.717) is 12.3 Å². The molecule has 0 fully saturated rings. The molecule has 1 aromatic rings. The summed E-state index contributed by atoms with van der Waals surface area (Å²) in [7, 11) is 0. The molecule has 2 unspecified atom stereocenters. The summed E-state index contributed by atoms with van der Waals surface area (Å²) in [5.41, 5.74) is -1.31. The molecule has 0 bridgehead atoms. The molecule has 0 amide bonds. The van der Waals surface area contributed by atoms with E-state index in [2.05, 4.69) is 26.0 Å². The van der Waals surface area contributed by atoms with Crippen LogP contribution >= 0.6 is 15.9 Å². The highest BCUT2D eigenvalue weighted by Crippen LogP contribution is 2.47. The molecule has 0 radical (unpaired) electrons. The molecule has 0 saturated heterocycles. The summed E-state index contributed by atoms with van der Waals surface area (Å²) in [6.07, 6.45) is 0.763. The predicted molar refractivity (Wildman–Crippen MR) is 94.4 cm³/mol. The maximum Gasteiger partial charge on any atom is 0.343 e. The van der Waals surface area contributed by atoms with Crippen molar-refractivity contribution in [2.75, 3.05) is 11.9 Å². The van der Waals surface area contributed by atoms with Gasteiger partial charge >= 0.3 is 5.97 Å². The largest absolute Gasteiger partial charge is 0.462 e. The van der Waals surface area contributed by atoms with Crippen molar-refractivity contribution < 1.29 is 40.7 Å². The number of anilines is 1. The lowest BCUT2D eigenvalue weighted by molar-refractivity contribution is -0.140. The topological polar surface area (TPSA) is 55.4 Å². The van der Waals surface area contributed by atoms with E-state index in [0.717, 1.165) is 12.1 Å². The number of alkyl halides is 2. The van der Waals surface area contributed by atoms with Crippen LogP contribution in [0.25, 0.3) is 0 Å². The minimum atomic E-state index is -3.48. The third-order valence-corrected chi connectivity index (χ3v) is 4.59. The fraction of sp³-hybridized carbons (Fsp3) is 0.222. The molecule has 0 aromatic heterocycles. The number of rotatable bonds is 6. The van der Waals surface area contributed by atoms with Gasteiger partial charge in [0.2, 0.25) is 4.58 Å². The maximum atomic E-state index is 14.6. The zero-order valence-electron chi connectivity index (χ0n) is 14.5. The number of ether oxygens (including phenoxy) is 1. The van der Waals surface area contributed by atoms with Crippen molar-refractivity contribution in [3.05, 3.63) is 65.2 Å². The molecule has 0 saturated carbocycles. The number of nitrogens with one attached hydrogen (secondary N) is 1. The Kier molecular flexibility index (Phi) is 6.93. The minimum absolute atomic E-state index is 0.154. The molecule has 1 aliphatic carbocycles. The van der Waals surface area contributed by atoms with Gasteiger partial charge in [-0.05, 0) is 41.1 Å². The van der Waals surface area contributed by atoms with E-state index in [4.69, 9.17) is 0 Å². The fourth-order valence-corrected chi connectivity index (χ4v) is 2.83. The van der Waals surface area contributed by atoms with Crippen LogP contribution in [0.15, 0.2) is 53.5 Å². The number of allylic oxidation sites excluding steroid dienone is 4. The Morgan fingerprint density at radius 2 is 1.90 bits per heavy atom. The van der Waals surface area contributed by atoms with E-state index >= 15 is 0 Å². The van der Waals surface area contributed by atoms with Gasteiger partial charge in [-0.2, -0.15) is 0 Å². The second-order valence-corrected chi connectivity index (χ2v) is 6.81. The van der Waals surface area contributed by atoms with Crippen molar-refractivity contribution in [2.24, 2.45) is 5.92 Å². The standard InChI is InChI=1S/C18H12BrF6NO3/c1-2-29-17(28)9(7-26-13-4-3-8(20)5-11(13)21)15(27)10-6-12(22)14(23)16(24)18(10,19)25/h3-7,10,26H,2H2,1H3. The van der Waals surface area contributed by atoms with Crippen molar-refractivity contribution in [3.63, 3.8) is 0 Å². The first-order valence-corrected chi connectivity index (χ1v) is 8.74. The van der Waals surface area contributed by atoms with Crippen LogP contribution in [0.1, 0.15) is 6.92 Å². The van der Waals surface area contributed by atoms with Crippen molar-refractivity contribution in [3.8, 4) is 0 Å². The van der Waals surface area contributed by atoms with E-state index in [9.17, 15) is 35.9 Å². The summed E-state index contributed by atoms with van der Waals surface area (Å²) in [5.74, 6) is -13.3. The molecule has 1 aromatic carbocycles. The first kappa shape index (κ1) is 22.7. The number of benzene rings is 1. The van der Waals surface area contributed by atoms with Gasteiger partial charge in [0, 0.05) is 12.3 Å². The molecule has 4 nitrogen and oxygen atoms in total. The predicted octanol–water partition coefficient (Wildman–Crippen LogP) is 5.09. The van der Waals surface area contributed by atoms with Crippen LogP contribution in [0.3, 0.4) is 0 Å². The Morgan fingerprint density at radius 3 is 2.48 bits per heavy atom. The maximum absolute atomic E-state index is 14.6. The summed E-state index contributed by atoms with van der Waals surface area (Å²) in [6.45, 7) is 1.16. The van der Waals surface area contributed by atoms with Gasteiger partial charge in [0.1, 0.15) is 17.2 Å². The Hall–Kier alpha value is -2.56. The molecule has 29 heavy (non-hydrogen) atoms. The van der Waals surface area contributed by atoms with E-state index in [1.807, 2.05) is 0 Å². The second-order valence-electron chi connectivity index (χ2n) is 5.65. The number of hydrogen-bond acceptors (Lipinski definition) is 4. The molecule has 0 heterocycles. The highest BCUT2D eigenvalue weighted by atomic mass is 79.9. The van der Waals surface area contributed by atoms with Gasteiger partial charge in [-0.15, -0.1) is 0 Å². The van der Waals surface area contributed by atoms with Gasteiger partial charge in [-0.1, -0.05) is 0 Å². The lowest BCUT2D eigenvalue weighted by atomic mass is 9.88. The Morgan fingerprint density at radius 1 is 1.24 bits per heavy atom. The van der Waals surface area contributed by atoms with Gasteiger partial charge in [-0.3, -0.25) is 4.79 Å². The minimum Gasteiger partial charge on any atom is -0.462 e. The van der Waals surface area contributed by atoms with Crippen LogP contribution in [-0.4, -0.2) is 22.9 Å². The summed E-state index contributed by atoms with van der Waals surface area (Å²) in [4.78, 5) is 24.7. The van der Waals surface area contributed by atoms with Gasteiger partial charge in [0.05, 0.1) is 18.2 Å². The lowest BCUT2D eigenvalue weighted by Gasteiger charge is -2.27. The van der Waals surface area contributed by atoms with Crippen LogP contribution in [0.5, 0.6) is 0 Å². The van der Waals surface area contributed by atoms with E-state index in [1.165, 1.54) is 6.92 Å². The van der Waals surface area contributed by atoms with Crippen LogP contribution in [0.4, 0.5) is 32.0 Å². The summed E-state index contributed by atoms with van der Waals surface area (Å²) in [6, 6.07) is 2.32. The van der Waals surface area contributed by atoms with Crippen LogP contribution in [-0.2, 0) is 14.3 Å². The molecular formula is C18H12BrF6NO3. The van der Waals surface area contributed by atoms with Gasteiger partial charge in [-0.25, -0.2) is 31.1 Å². The number of esters is 1. The molecule has 156 valence electrons. The average Bonchev–Trinajstić information content (AvgIpc) is 2.65. The molecule has 0 aliphatic heterocycles. The number of carbonyl (C=O) groups is 2. The van der Waals surface area contributed by atoms with Crippen molar-refractivity contribution in [2.45, 2.75) is 11.5 Å². The lowest BCUT2D eigenvalue weighted by Crippen LogP contribution is -2.38. The summed E-state index contributed by atoms with van der Waals surface area (Å²) in [5, 5.41) is 2.20. The van der Waals surface area contributed by atoms with Crippen molar-refractivity contribution >= 4 is 33.4 Å². The second kappa shape index (κ2) is 8.85. The van der Waals surface area contributed by atoms with Crippen LogP contribution in [0, 0.1) is 17.6 Å². The molecule has 2 atom stereocenters. The van der Waals surface area contributed by atoms with Gasteiger partial charge in [0.25, 0.3) is 0 Å². The first-order valence-electron chi connectivity index (χ1n) is 7.95. The highest BCUT2D eigenvalue weighted by molar-refractivity contribution is 9.10. The molecular weight excluding hydrogens is 472 g/mol. The van der Waals surface area contributed by atoms with Gasteiger partial charge < -0.3 is 10.1 Å². The van der Waals surface area contributed by atoms with Crippen LogP contribution in [0.2, 0.25) is 0 Å². The van der Waals surface area contributed by atoms with E-state index < -0.39 is 56.9 Å². The number of Topliss-reactive ketones (excluding diaryl/α,β-unsaturated/α-hetero) is 1. The quantitative estimate of drug-likeness (QED) is 0.153. The normalized spacial score (nSPS) is 22.3. The molecule has 2 rings (SSSR count). The number of ketones is 1. The Balaban J connectivity index is 2.44. The number of hydrogen-bond donors (Lipinski definition) is 1. The van der Waals surface area contributed by atoms with Gasteiger partial charge in [0.15, 0.2) is 23.3 Å². The third-order valence-electron chi connectivity index (χ3n) is 3.75. The van der Waals surface area contributed by atoms with Crippen molar-refractivity contribution in [1.82, 2.24) is 0 Å². The van der Waals surface area contributed by atoms with E-state index in [-0.39, 0.29) is 18.4 Å². The highest BCUT2D eigenvalue weighted by Gasteiger charge is 2.51. The molecule has 0 spiro atoms. The fourth-order valence-electron chi connectivity index (χ4n) is 2.32. The zero-order valence-corrected chi connectivity index (χ0v) is 16.1. The SMILES string of the molecule is CCOC(=O)C(=CNc1ccc(F)cc1F)C(=O)C1C=C(F)C(F)=C(F)C1(F)Br.